The molecule has 100 valence electrons. The van der Waals surface area contributed by atoms with Gasteiger partial charge in [0.15, 0.2) is 0 Å². The van der Waals surface area contributed by atoms with Crippen LogP contribution < -0.4 is 0 Å². The Balaban J connectivity index is 2.66. The third-order valence-electron chi connectivity index (χ3n) is 3.37. The molecule has 19 heavy (non-hydrogen) atoms. The van der Waals surface area contributed by atoms with E-state index in [1.165, 1.54) is 12.1 Å². The summed E-state index contributed by atoms with van der Waals surface area (Å²) in [5.41, 5.74) is 2.93. The minimum Gasteiger partial charge on any atom is -0.508 e. The quantitative estimate of drug-likeness (QED) is 0.788. The lowest BCUT2D eigenvalue weighted by Gasteiger charge is -2.15. The maximum absolute atomic E-state index is 10.4. The molecule has 0 heterocycles. The Kier molecular flexibility index (Phi) is 3.65. The zero-order chi connectivity index (χ0) is 14.0. The first-order chi connectivity index (χ1) is 9.08. The minimum absolute atomic E-state index is 0.0669. The lowest BCUT2D eigenvalue weighted by atomic mass is 9.94. The lowest BCUT2D eigenvalue weighted by Crippen LogP contribution is -1.94. The molecule has 0 amide bonds. The van der Waals surface area contributed by atoms with E-state index in [0.29, 0.717) is 17.5 Å². The van der Waals surface area contributed by atoms with E-state index >= 15 is 0 Å². The summed E-state index contributed by atoms with van der Waals surface area (Å²) in [6.07, 6.45) is 1.47. The van der Waals surface area contributed by atoms with E-state index in [4.69, 9.17) is 0 Å². The van der Waals surface area contributed by atoms with E-state index in [2.05, 4.69) is 0 Å². The molecule has 0 bridgehead atoms. The minimum atomic E-state index is 0.0669. The van der Waals surface area contributed by atoms with Gasteiger partial charge in [0.2, 0.25) is 0 Å². The Morgan fingerprint density at radius 1 is 0.895 bits per heavy atom. The van der Waals surface area contributed by atoms with Gasteiger partial charge in [0.25, 0.3) is 0 Å². The summed E-state index contributed by atoms with van der Waals surface area (Å²) < 4.78 is 0. The van der Waals surface area contributed by atoms with Crippen molar-refractivity contribution in [1.82, 2.24) is 0 Å². The Hall–Kier alpha value is -2.16. The van der Waals surface area contributed by atoms with Gasteiger partial charge in [0.1, 0.15) is 17.2 Å². The molecule has 0 radical (unpaired) electrons. The second kappa shape index (κ2) is 5.22. The number of hydrogen-bond acceptors (Lipinski definition) is 3. The Bertz CT molecular complexity index is 586. The van der Waals surface area contributed by atoms with Crippen LogP contribution in [-0.4, -0.2) is 15.3 Å². The molecule has 0 atom stereocenters. The van der Waals surface area contributed by atoms with Gasteiger partial charge in [-0.25, -0.2) is 0 Å². The first-order valence-electron chi connectivity index (χ1n) is 6.44. The number of aromatic hydroxyl groups is 3. The molecule has 0 aliphatic rings. The van der Waals surface area contributed by atoms with Gasteiger partial charge in [-0.15, -0.1) is 0 Å². The normalized spacial score (nSPS) is 10.6. The van der Waals surface area contributed by atoms with Crippen molar-refractivity contribution in [2.24, 2.45) is 0 Å². The van der Waals surface area contributed by atoms with Crippen LogP contribution in [0, 0.1) is 0 Å². The summed E-state index contributed by atoms with van der Waals surface area (Å²) in [6, 6.07) is 8.13. The first-order valence-corrected chi connectivity index (χ1v) is 6.44. The zero-order valence-corrected chi connectivity index (χ0v) is 11.1. The fourth-order valence-electron chi connectivity index (χ4n) is 2.37. The third-order valence-corrected chi connectivity index (χ3v) is 3.37. The standard InChI is InChI=1S/C16H18O3/c1-3-10-9-14(18)15(16(19)13(10)4-2)11-5-7-12(17)8-6-11/h5-9,17-19H,3-4H2,1-2H3. The highest BCUT2D eigenvalue weighted by molar-refractivity contribution is 5.79. The van der Waals surface area contributed by atoms with Crippen molar-refractivity contribution < 1.29 is 15.3 Å². The van der Waals surface area contributed by atoms with Gasteiger partial charge in [-0.1, -0.05) is 26.0 Å². The van der Waals surface area contributed by atoms with E-state index < -0.39 is 0 Å². The first kappa shape index (κ1) is 13.3. The van der Waals surface area contributed by atoms with Crippen molar-refractivity contribution in [1.29, 1.82) is 0 Å². The lowest BCUT2D eigenvalue weighted by molar-refractivity contribution is 0.448. The predicted molar refractivity (Wildman–Crippen MR) is 75.6 cm³/mol. The molecule has 3 N–H and O–H groups in total. The molecule has 0 saturated heterocycles. The van der Waals surface area contributed by atoms with Crippen molar-refractivity contribution >= 4 is 0 Å². The van der Waals surface area contributed by atoms with Crippen molar-refractivity contribution in [2.45, 2.75) is 26.7 Å². The Labute approximate surface area is 112 Å². The summed E-state index contributed by atoms with van der Waals surface area (Å²) in [4.78, 5) is 0. The molecule has 0 fully saturated rings. The summed E-state index contributed by atoms with van der Waals surface area (Å²) in [7, 11) is 0. The van der Waals surface area contributed by atoms with Crippen molar-refractivity contribution in [2.75, 3.05) is 0 Å². The van der Waals surface area contributed by atoms with Crippen LogP contribution >= 0.6 is 0 Å². The second-order valence-corrected chi connectivity index (χ2v) is 4.51. The molecule has 2 aromatic rings. The summed E-state index contributed by atoms with van der Waals surface area (Å²) in [6.45, 7) is 3.97. The van der Waals surface area contributed by atoms with Crippen LogP contribution in [0.5, 0.6) is 17.2 Å². The van der Waals surface area contributed by atoms with Crippen LogP contribution in [0.15, 0.2) is 30.3 Å². The predicted octanol–water partition coefficient (Wildman–Crippen LogP) is 3.60. The van der Waals surface area contributed by atoms with Gasteiger partial charge in [0.05, 0.1) is 5.56 Å². The topological polar surface area (TPSA) is 60.7 Å². The molecule has 0 aliphatic heterocycles. The largest absolute Gasteiger partial charge is 0.508 e. The fraction of sp³-hybridized carbons (Fsp3) is 0.250. The number of hydrogen-bond donors (Lipinski definition) is 3. The van der Waals surface area contributed by atoms with Crippen molar-refractivity contribution in [3.63, 3.8) is 0 Å². The molecule has 2 rings (SSSR count). The average Bonchev–Trinajstić information content (AvgIpc) is 2.40. The van der Waals surface area contributed by atoms with E-state index in [1.54, 1.807) is 18.2 Å². The highest BCUT2D eigenvalue weighted by Crippen LogP contribution is 2.42. The van der Waals surface area contributed by atoms with E-state index in [1.807, 2.05) is 13.8 Å². The van der Waals surface area contributed by atoms with Gasteiger partial charge in [-0.05, 0) is 47.7 Å². The number of rotatable bonds is 3. The maximum atomic E-state index is 10.4. The molecular weight excluding hydrogens is 240 g/mol. The monoisotopic (exact) mass is 258 g/mol. The van der Waals surface area contributed by atoms with E-state index in [-0.39, 0.29) is 17.2 Å². The highest BCUT2D eigenvalue weighted by atomic mass is 16.3. The van der Waals surface area contributed by atoms with Crippen LogP contribution in [0.4, 0.5) is 0 Å². The molecule has 0 saturated carbocycles. The molecule has 0 unspecified atom stereocenters. The Morgan fingerprint density at radius 2 is 1.53 bits per heavy atom. The van der Waals surface area contributed by atoms with Crippen molar-refractivity contribution in [3.8, 4) is 28.4 Å². The van der Waals surface area contributed by atoms with Crippen LogP contribution in [0.3, 0.4) is 0 Å². The molecule has 0 aliphatic carbocycles. The number of phenolic OH excluding ortho intramolecular Hbond substituents is 3. The summed E-state index contributed by atoms with van der Waals surface area (Å²) in [5, 5.41) is 29.8. The second-order valence-electron chi connectivity index (χ2n) is 4.51. The number of aryl methyl sites for hydroxylation is 1. The van der Waals surface area contributed by atoms with Crippen LogP contribution in [-0.2, 0) is 12.8 Å². The molecule has 0 spiro atoms. The SMILES string of the molecule is CCc1cc(O)c(-c2ccc(O)cc2)c(O)c1CC. The van der Waals surface area contributed by atoms with Crippen molar-refractivity contribution in [3.05, 3.63) is 41.5 Å². The molecular formula is C16H18O3. The van der Waals surface area contributed by atoms with Gasteiger partial charge < -0.3 is 15.3 Å². The average molecular weight is 258 g/mol. The third kappa shape index (κ3) is 2.36. The molecule has 3 heteroatoms. The van der Waals surface area contributed by atoms with E-state index in [9.17, 15) is 15.3 Å². The highest BCUT2D eigenvalue weighted by Gasteiger charge is 2.16. The van der Waals surface area contributed by atoms with Crippen LogP contribution in [0.1, 0.15) is 25.0 Å². The Morgan fingerprint density at radius 3 is 2.05 bits per heavy atom. The van der Waals surface area contributed by atoms with Gasteiger partial charge in [-0.3, -0.25) is 0 Å². The van der Waals surface area contributed by atoms with Gasteiger partial charge >= 0.3 is 0 Å². The summed E-state index contributed by atoms with van der Waals surface area (Å²) in [5.74, 6) is 0.353. The zero-order valence-electron chi connectivity index (χ0n) is 11.1. The molecule has 2 aromatic carbocycles. The smallest absolute Gasteiger partial charge is 0.130 e. The summed E-state index contributed by atoms with van der Waals surface area (Å²) >= 11 is 0. The van der Waals surface area contributed by atoms with Crippen LogP contribution in [0.25, 0.3) is 11.1 Å². The van der Waals surface area contributed by atoms with Crippen LogP contribution in [0.2, 0.25) is 0 Å². The maximum Gasteiger partial charge on any atom is 0.130 e. The molecule has 3 nitrogen and oxygen atoms in total. The molecule has 0 aromatic heterocycles. The fourth-order valence-corrected chi connectivity index (χ4v) is 2.37. The number of phenols is 3. The van der Waals surface area contributed by atoms with Gasteiger partial charge in [0, 0.05) is 0 Å². The number of benzene rings is 2. The van der Waals surface area contributed by atoms with E-state index in [0.717, 1.165) is 17.5 Å². The van der Waals surface area contributed by atoms with Gasteiger partial charge in [-0.2, -0.15) is 0 Å².